The molecule has 3 unspecified atom stereocenters. The molecule has 3 atom stereocenters. The van der Waals surface area contributed by atoms with Crippen LogP contribution in [0.3, 0.4) is 0 Å². The van der Waals surface area contributed by atoms with Crippen LogP contribution in [0.4, 0.5) is 0 Å². The molecule has 2 aliphatic carbocycles. The molecule has 128 valence electrons. The van der Waals surface area contributed by atoms with Crippen molar-refractivity contribution in [3.05, 3.63) is 41.5 Å². The van der Waals surface area contributed by atoms with Crippen molar-refractivity contribution in [2.75, 3.05) is 0 Å². The van der Waals surface area contributed by atoms with Gasteiger partial charge in [0.15, 0.2) is 0 Å². The Morgan fingerprint density at radius 3 is 2.75 bits per heavy atom. The van der Waals surface area contributed by atoms with Gasteiger partial charge < -0.3 is 9.29 Å². The zero-order valence-electron chi connectivity index (χ0n) is 13.4. The van der Waals surface area contributed by atoms with Crippen LogP contribution in [0.25, 0.3) is 10.8 Å². The topological polar surface area (TPSA) is 83.8 Å². The van der Waals surface area contributed by atoms with Crippen molar-refractivity contribution >= 4 is 21.2 Å². The van der Waals surface area contributed by atoms with Crippen LogP contribution < -0.4 is 4.18 Å². The summed E-state index contributed by atoms with van der Waals surface area (Å²) < 4.78 is 35.1. The van der Waals surface area contributed by atoms with Crippen molar-refractivity contribution < 1.29 is 22.3 Å². The largest absolute Gasteiger partial charge is 0.446 e. The fourth-order valence-electron chi connectivity index (χ4n) is 4.63. The molecule has 0 amide bonds. The summed E-state index contributed by atoms with van der Waals surface area (Å²) in [6.45, 7) is 2.19. The maximum atomic E-state index is 10.9. The van der Waals surface area contributed by atoms with Gasteiger partial charge in [-0.2, -0.15) is 8.42 Å². The summed E-state index contributed by atoms with van der Waals surface area (Å²) >= 11 is 0. The molecule has 5 nitrogen and oxygen atoms in total. The van der Waals surface area contributed by atoms with Crippen molar-refractivity contribution in [2.45, 2.75) is 44.6 Å². The lowest BCUT2D eigenvalue weighted by atomic mass is 9.65. The first-order valence-corrected chi connectivity index (χ1v) is 9.55. The van der Waals surface area contributed by atoms with Gasteiger partial charge >= 0.3 is 10.4 Å². The second-order valence-electron chi connectivity index (χ2n) is 7.18. The number of aliphatic hydroxyl groups excluding tert-OH is 1. The molecule has 4 rings (SSSR count). The van der Waals surface area contributed by atoms with E-state index in [1.807, 2.05) is 12.1 Å². The summed E-state index contributed by atoms with van der Waals surface area (Å²) in [6, 6.07) is 9.09. The zero-order chi connectivity index (χ0) is 17.1. The lowest BCUT2D eigenvalue weighted by molar-refractivity contribution is 0.0459. The summed E-state index contributed by atoms with van der Waals surface area (Å²) in [5.74, 6) is 0.469. The van der Waals surface area contributed by atoms with Gasteiger partial charge in [0.1, 0.15) is 5.75 Å². The number of aryl methyl sites for hydroxylation is 1. The van der Waals surface area contributed by atoms with Crippen LogP contribution >= 0.6 is 0 Å². The Kier molecular flexibility index (Phi) is 3.43. The molecule has 0 saturated heterocycles. The van der Waals surface area contributed by atoms with E-state index >= 15 is 0 Å². The van der Waals surface area contributed by atoms with Crippen LogP contribution in [0, 0.1) is 5.41 Å². The fraction of sp³-hybridized carbons (Fsp3) is 0.444. The lowest BCUT2D eigenvalue weighted by Gasteiger charge is -2.40. The highest BCUT2D eigenvalue weighted by Gasteiger charge is 2.49. The molecular formula is C18H20O5S. The molecule has 0 bridgehead atoms. The Morgan fingerprint density at radius 2 is 2.00 bits per heavy atom. The summed E-state index contributed by atoms with van der Waals surface area (Å²) in [5, 5.41) is 12.3. The van der Waals surface area contributed by atoms with Gasteiger partial charge in [-0.25, -0.2) is 0 Å². The van der Waals surface area contributed by atoms with Gasteiger partial charge in [0, 0.05) is 5.41 Å². The third-order valence-corrected chi connectivity index (χ3v) is 6.32. The van der Waals surface area contributed by atoms with E-state index in [4.69, 9.17) is 4.55 Å². The Balaban J connectivity index is 1.81. The second-order valence-corrected chi connectivity index (χ2v) is 8.20. The highest BCUT2D eigenvalue weighted by molar-refractivity contribution is 7.81. The molecule has 1 fully saturated rings. The molecule has 24 heavy (non-hydrogen) atoms. The van der Waals surface area contributed by atoms with Crippen molar-refractivity contribution in [3.63, 3.8) is 0 Å². The Hall–Kier alpha value is -1.63. The average molecular weight is 348 g/mol. The van der Waals surface area contributed by atoms with E-state index in [-0.39, 0.29) is 17.3 Å². The van der Waals surface area contributed by atoms with Crippen LogP contribution in [0.2, 0.25) is 0 Å². The predicted molar refractivity (Wildman–Crippen MR) is 90.5 cm³/mol. The number of hydrogen-bond donors (Lipinski definition) is 2. The first-order chi connectivity index (χ1) is 11.3. The van der Waals surface area contributed by atoms with Crippen molar-refractivity contribution in [3.8, 4) is 5.75 Å². The van der Waals surface area contributed by atoms with Gasteiger partial charge in [-0.05, 0) is 65.6 Å². The zero-order valence-corrected chi connectivity index (χ0v) is 14.2. The van der Waals surface area contributed by atoms with Crippen LogP contribution in [0.1, 0.15) is 43.2 Å². The molecule has 0 heterocycles. The molecule has 2 aliphatic rings. The van der Waals surface area contributed by atoms with Gasteiger partial charge in [0.2, 0.25) is 0 Å². The smallest absolute Gasteiger partial charge is 0.393 e. The van der Waals surface area contributed by atoms with E-state index in [1.165, 1.54) is 11.1 Å². The van der Waals surface area contributed by atoms with E-state index in [1.54, 1.807) is 12.1 Å². The van der Waals surface area contributed by atoms with Gasteiger partial charge in [-0.3, -0.25) is 4.55 Å². The second kappa shape index (κ2) is 5.18. The summed E-state index contributed by atoms with van der Waals surface area (Å²) in [5.41, 5.74) is 2.54. The van der Waals surface area contributed by atoms with Gasteiger partial charge in [-0.15, -0.1) is 0 Å². The van der Waals surface area contributed by atoms with Crippen molar-refractivity contribution in [1.82, 2.24) is 0 Å². The fourth-order valence-corrected chi connectivity index (χ4v) is 4.98. The number of fused-ring (bicyclic) bond motifs is 5. The molecule has 0 aromatic heterocycles. The highest BCUT2D eigenvalue weighted by atomic mass is 32.3. The van der Waals surface area contributed by atoms with E-state index in [0.29, 0.717) is 5.92 Å². The summed E-state index contributed by atoms with van der Waals surface area (Å²) in [4.78, 5) is 0. The van der Waals surface area contributed by atoms with E-state index in [0.717, 1.165) is 36.5 Å². The van der Waals surface area contributed by atoms with Crippen LogP contribution in [0.5, 0.6) is 5.75 Å². The van der Waals surface area contributed by atoms with Crippen LogP contribution in [-0.4, -0.2) is 24.2 Å². The first-order valence-electron chi connectivity index (χ1n) is 8.18. The highest BCUT2D eigenvalue weighted by Crippen LogP contribution is 2.56. The standard InChI is InChI=1S/C18H20O5S/c1-18-9-8-14-13-5-3-12(23-24(20,21)22)10-11(13)2-4-15(14)16(18)6-7-17(18)19/h2-5,10,16-17,19H,6-9H2,1H3,(H,20,21,22). The van der Waals surface area contributed by atoms with E-state index in [2.05, 4.69) is 17.2 Å². The van der Waals surface area contributed by atoms with E-state index in [9.17, 15) is 13.5 Å². The third-order valence-electron chi connectivity index (χ3n) is 5.92. The number of benzene rings is 2. The minimum Gasteiger partial charge on any atom is -0.393 e. The van der Waals surface area contributed by atoms with Crippen LogP contribution in [-0.2, 0) is 16.8 Å². The SMILES string of the molecule is CC12CCc3c(ccc4cc(OS(=O)(=O)O)ccc34)C1CCC2O. The quantitative estimate of drug-likeness (QED) is 0.814. The van der Waals surface area contributed by atoms with Gasteiger partial charge in [0.05, 0.1) is 6.10 Å². The minimum atomic E-state index is -4.52. The lowest BCUT2D eigenvalue weighted by Crippen LogP contribution is -2.35. The number of aliphatic hydroxyl groups is 1. The summed E-state index contributed by atoms with van der Waals surface area (Å²) in [7, 11) is -4.52. The molecule has 6 heteroatoms. The molecule has 0 radical (unpaired) electrons. The molecule has 2 N–H and O–H groups in total. The third kappa shape index (κ3) is 2.41. The van der Waals surface area contributed by atoms with Gasteiger partial charge in [0.25, 0.3) is 0 Å². The Morgan fingerprint density at radius 1 is 1.21 bits per heavy atom. The maximum absolute atomic E-state index is 10.9. The molecular weight excluding hydrogens is 328 g/mol. The van der Waals surface area contributed by atoms with Crippen molar-refractivity contribution in [2.24, 2.45) is 5.41 Å². The first kappa shape index (κ1) is 15.9. The Labute approximate surface area is 141 Å². The van der Waals surface area contributed by atoms with Crippen LogP contribution in [0.15, 0.2) is 30.3 Å². The molecule has 2 aromatic rings. The average Bonchev–Trinajstić information content (AvgIpc) is 2.81. The molecule has 0 aliphatic heterocycles. The van der Waals surface area contributed by atoms with E-state index < -0.39 is 10.4 Å². The normalized spacial score (nSPS) is 29.3. The van der Waals surface area contributed by atoms with Crippen molar-refractivity contribution in [1.29, 1.82) is 0 Å². The monoisotopic (exact) mass is 348 g/mol. The van der Waals surface area contributed by atoms with Gasteiger partial charge in [-0.1, -0.05) is 25.1 Å². The molecule has 0 spiro atoms. The minimum absolute atomic E-state index is 0.0469. The maximum Gasteiger partial charge on any atom is 0.446 e. The number of rotatable bonds is 2. The molecule has 1 saturated carbocycles. The molecule has 2 aromatic carbocycles. The predicted octanol–water partition coefficient (Wildman–Crippen LogP) is 3.21. The number of hydrogen-bond acceptors (Lipinski definition) is 4. The summed E-state index contributed by atoms with van der Waals surface area (Å²) in [6.07, 6.45) is 3.46. The Bertz CT molecular complexity index is 920.